The number of methoxy groups -OCH3 is 1. The number of ether oxygens (including phenoxy) is 1. The van der Waals surface area contributed by atoms with E-state index in [1.165, 1.54) is 26.1 Å². The highest BCUT2D eigenvalue weighted by atomic mass is 32.2. The molecule has 0 radical (unpaired) electrons. The summed E-state index contributed by atoms with van der Waals surface area (Å²) < 4.78 is 33.7. The Morgan fingerprint density at radius 1 is 1.10 bits per heavy atom. The Morgan fingerprint density at radius 2 is 1.71 bits per heavy atom. The summed E-state index contributed by atoms with van der Waals surface area (Å²) in [5, 5.41) is 3.47. The van der Waals surface area contributed by atoms with Crippen LogP contribution in [0.1, 0.15) is 24.4 Å². The van der Waals surface area contributed by atoms with Crippen molar-refractivity contribution in [1.82, 2.24) is 9.62 Å². The van der Waals surface area contributed by atoms with Crippen LogP contribution in [-0.4, -0.2) is 59.0 Å². The van der Waals surface area contributed by atoms with Crippen molar-refractivity contribution in [2.45, 2.75) is 24.9 Å². The molecule has 0 amide bonds. The van der Waals surface area contributed by atoms with E-state index >= 15 is 0 Å². The van der Waals surface area contributed by atoms with E-state index in [2.05, 4.69) is 10.0 Å². The average Bonchev–Trinajstić information content (AvgIpc) is 2.78. The Morgan fingerprint density at radius 3 is 2.26 bits per heavy atom. The zero-order chi connectivity index (χ0) is 22.4. The first kappa shape index (κ1) is 23.2. The maximum Gasteiger partial charge on any atom is 0.327 e. The Hall–Kier alpha value is -2.46. The number of nitrogens with one attached hydrogen (secondary N) is 2. The highest BCUT2D eigenvalue weighted by Gasteiger charge is 2.29. The molecule has 0 bridgehead atoms. The van der Waals surface area contributed by atoms with Crippen LogP contribution in [-0.2, 0) is 19.7 Å². The first-order valence-electron chi connectivity index (χ1n) is 10.3. The van der Waals surface area contributed by atoms with Crippen LogP contribution in [0, 0.1) is 0 Å². The van der Waals surface area contributed by atoms with Crippen LogP contribution in [0.25, 0.3) is 4.72 Å². The summed E-state index contributed by atoms with van der Waals surface area (Å²) in [7, 11) is 0.687. The van der Waals surface area contributed by atoms with Gasteiger partial charge in [-0.25, -0.2) is 17.5 Å². The summed E-state index contributed by atoms with van der Waals surface area (Å²) in [5.41, 5.74) is 2.42. The summed E-state index contributed by atoms with van der Waals surface area (Å²) >= 11 is 0. The molecule has 0 aliphatic carbocycles. The third-order valence-electron chi connectivity index (χ3n) is 5.52. The number of benzene rings is 2. The van der Waals surface area contributed by atoms with Gasteiger partial charge in [0.1, 0.15) is 11.7 Å². The van der Waals surface area contributed by atoms with Crippen molar-refractivity contribution in [2.75, 3.05) is 34.3 Å². The third-order valence-corrected chi connectivity index (χ3v) is 6.88. The number of carbonyl (C=O) groups is 1. The van der Waals surface area contributed by atoms with Crippen LogP contribution in [0.4, 0.5) is 11.4 Å². The zero-order valence-electron chi connectivity index (χ0n) is 18.1. The van der Waals surface area contributed by atoms with E-state index in [-0.39, 0.29) is 12.0 Å². The minimum absolute atomic E-state index is 0.215. The summed E-state index contributed by atoms with van der Waals surface area (Å²) in [6, 6.07) is 16.7. The monoisotopic (exact) mass is 446 g/mol. The normalized spacial score (nSPS) is 20.3. The van der Waals surface area contributed by atoms with E-state index < -0.39 is 16.3 Å². The van der Waals surface area contributed by atoms with Crippen molar-refractivity contribution in [3.63, 3.8) is 0 Å². The number of rotatable bonds is 8. The van der Waals surface area contributed by atoms with Gasteiger partial charge in [0.05, 0.1) is 20.2 Å². The second-order valence-corrected chi connectivity index (χ2v) is 9.62. The first-order chi connectivity index (χ1) is 14.8. The maximum atomic E-state index is 12.3. The molecule has 0 aromatic heterocycles. The van der Waals surface area contributed by atoms with Crippen LogP contribution in [0.5, 0.6) is 0 Å². The molecule has 1 heterocycles. The standard InChI is InChI=1S/C22H29N4O4S/c1-25(2)31(28,29)24-19-9-11-20(12-10-19)26-15-13-18(14-16-26)23-21(22(27)30-3)17-7-5-4-6-8-17/h4-12,18,21,23H,13-16H2,1-3H3/q-1/p+1/t21-/m0/s1. The lowest BCUT2D eigenvalue weighted by atomic mass is 10.0. The van der Waals surface area contributed by atoms with Crippen LogP contribution in [0.15, 0.2) is 54.6 Å². The highest BCUT2D eigenvalue weighted by molar-refractivity contribution is 7.92. The van der Waals surface area contributed by atoms with Crippen LogP contribution in [0.2, 0.25) is 0 Å². The minimum atomic E-state index is -3.63. The Labute approximate surface area is 184 Å². The molecule has 9 heteroatoms. The fourth-order valence-electron chi connectivity index (χ4n) is 3.69. The lowest BCUT2D eigenvalue weighted by Gasteiger charge is -2.32. The van der Waals surface area contributed by atoms with Crippen molar-refractivity contribution in [3.05, 3.63) is 64.9 Å². The van der Waals surface area contributed by atoms with Crippen molar-refractivity contribution in [1.29, 1.82) is 0 Å². The second kappa shape index (κ2) is 10.2. The van der Waals surface area contributed by atoms with Crippen molar-refractivity contribution in [2.24, 2.45) is 0 Å². The van der Waals surface area contributed by atoms with Crippen LogP contribution < -0.4 is 10.2 Å². The van der Waals surface area contributed by atoms with Gasteiger partial charge in [-0.05, 0) is 17.7 Å². The number of hydrogen-bond donors (Lipinski definition) is 2. The van der Waals surface area contributed by atoms with Gasteiger partial charge in [-0.1, -0.05) is 42.5 Å². The number of nitrogens with zero attached hydrogens (tertiary/aromatic N) is 2. The summed E-state index contributed by atoms with van der Waals surface area (Å²) in [5.74, 6) is -0.284. The molecule has 1 atom stereocenters. The molecule has 168 valence electrons. The van der Waals surface area contributed by atoms with Crippen LogP contribution in [0.3, 0.4) is 0 Å². The van der Waals surface area contributed by atoms with E-state index in [4.69, 9.17) is 4.74 Å². The summed E-state index contributed by atoms with van der Waals surface area (Å²) in [6.45, 7) is 1.82. The molecule has 1 aliphatic rings. The molecule has 0 unspecified atom stereocenters. The third kappa shape index (κ3) is 6.04. The molecule has 2 aromatic carbocycles. The molecule has 8 nitrogen and oxygen atoms in total. The van der Waals surface area contributed by atoms with Gasteiger partial charge in [-0.2, -0.15) is 0 Å². The van der Waals surface area contributed by atoms with E-state index in [1.807, 2.05) is 42.5 Å². The van der Waals surface area contributed by atoms with Gasteiger partial charge in [0, 0.05) is 33.0 Å². The molecular weight excluding hydrogens is 416 g/mol. The smallest absolute Gasteiger partial charge is 0.327 e. The number of quaternary nitrogens is 1. The van der Waals surface area contributed by atoms with Crippen molar-refractivity contribution in [3.8, 4) is 0 Å². The number of piperidine rings is 1. The molecule has 0 spiro atoms. The van der Waals surface area contributed by atoms with E-state index in [1.54, 1.807) is 12.1 Å². The Balaban J connectivity index is 1.58. The molecular formula is C22H30N4O4S. The number of esters is 1. The molecule has 1 fully saturated rings. The molecule has 1 aliphatic heterocycles. The number of carbonyl (C=O) groups excluding carboxylic acids is 1. The lowest BCUT2D eigenvalue weighted by Crippen LogP contribution is -3.08. The first-order valence-corrected chi connectivity index (χ1v) is 11.7. The fraction of sp³-hybridized carbons (Fsp3) is 0.409. The maximum absolute atomic E-state index is 12.3. The molecule has 31 heavy (non-hydrogen) atoms. The predicted octanol–water partition coefficient (Wildman–Crippen LogP) is 1.68. The van der Waals surface area contributed by atoms with Gasteiger partial charge < -0.3 is 14.4 Å². The SMILES string of the molecule is COC(=O)[C@@H](NC1CC[NH+](c2ccc([N-]S(=O)(=O)N(C)C)cc2)CC1)c1ccccc1. The van der Waals surface area contributed by atoms with Crippen molar-refractivity contribution < 1.29 is 22.8 Å². The van der Waals surface area contributed by atoms with Gasteiger partial charge in [0.15, 0.2) is 10.2 Å². The molecule has 1 saturated heterocycles. The molecule has 2 aromatic rings. The lowest BCUT2D eigenvalue weighted by molar-refractivity contribution is -0.838. The quantitative estimate of drug-likeness (QED) is 0.602. The summed E-state index contributed by atoms with van der Waals surface area (Å²) in [4.78, 5) is 13.6. The van der Waals surface area contributed by atoms with Gasteiger partial charge >= 0.3 is 5.97 Å². The second-order valence-electron chi connectivity index (χ2n) is 7.81. The average molecular weight is 447 g/mol. The van der Waals surface area contributed by atoms with Gasteiger partial charge in [-0.3, -0.25) is 5.32 Å². The van der Waals surface area contributed by atoms with Gasteiger partial charge in [-0.15, -0.1) is 5.69 Å². The minimum Gasteiger partial charge on any atom is -0.564 e. The largest absolute Gasteiger partial charge is 0.564 e. The molecule has 3 rings (SSSR count). The Bertz CT molecular complexity index is 957. The number of hydrogen-bond acceptors (Lipinski definition) is 5. The van der Waals surface area contributed by atoms with Gasteiger partial charge in [0.2, 0.25) is 0 Å². The van der Waals surface area contributed by atoms with E-state index in [0.29, 0.717) is 5.69 Å². The van der Waals surface area contributed by atoms with E-state index in [9.17, 15) is 13.2 Å². The fourth-order valence-corrected chi connectivity index (χ4v) is 4.25. The van der Waals surface area contributed by atoms with Crippen LogP contribution >= 0.6 is 0 Å². The highest BCUT2D eigenvalue weighted by Crippen LogP contribution is 2.24. The summed E-state index contributed by atoms with van der Waals surface area (Å²) in [6.07, 6.45) is 1.83. The topological polar surface area (TPSA) is 94.2 Å². The van der Waals surface area contributed by atoms with E-state index in [0.717, 1.165) is 41.5 Å². The zero-order valence-corrected chi connectivity index (χ0v) is 18.9. The van der Waals surface area contributed by atoms with Gasteiger partial charge in [0.25, 0.3) is 0 Å². The Kier molecular flexibility index (Phi) is 7.66. The molecule has 2 N–H and O–H groups in total. The molecule has 0 saturated carbocycles. The predicted molar refractivity (Wildman–Crippen MR) is 120 cm³/mol. The van der Waals surface area contributed by atoms with Crippen molar-refractivity contribution >= 4 is 27.6 Å².